The van der Waals surface area contributed by atoms with Crippen LogP contribution in [0.4, 0.5) is 4.39 Å². The smallest absolute Gasteiger partial charge is 0.131 e. The summed E-state index contributed by atoms with van der Waals surface area (Å²) in [5, 5.41) is 3.06. The van der Waals surface area contributed by atoms with E-state index in [1.165, 1.54) is 13.2 Å². The zero-order valence-electron chi connectivity index (χ0n) is 11.7. The van der Waals surface area contributed by atoms with Gasteiger partial charge in [-0.15, -0.1) is 0 Å². The van der Waals surface area contributed by atoms with Crippen LogP contribution in [0.15, 0.2) is 18.2 Å². The van der Waals surface area contributed by atoms with Crippen LogP contribution in [-0.2, 0) is 4.74 Å². The summed E-state index contributed by atoms with van der Waals surface area (Å²) in [4.78, 5) is 0. The molecule has 1 aromatic carbocycles. The van der Waals surface area contributed by atoms with E-state index in [1.807, 2.05) is 20.8 Å². The van der Waals surface area contributed by atoms with Crippen LogP contribution >= 0.6 is 0 Å². The van der Waals surface area contributed by atoms with Crippen LogP contribution in [0.3, 0.4) is 0 Å². The number of hydrogen-bond donors (Lipinski definition) is 1. The first-order valence-corrected chi connectivity index (χ1v) is 6.02. The Morgan fingerprint density at radius 1 is 1.33 bits per heavy atom. The lowest BCUT2D eigenvalue weighted by atomic mass is 10.1. The van der Waals surface area contributed by atoms with Crippen molar-refractivity contribution in [2.45, 2.75) is 32.4 Å². The number of likely N-dealkylation sites (N-methyl/N-ethyl adjacent to an activating group) is 1. The summed E-state index contributed by atoms with van der Waals surface area (Å²) < 4.78 is 24.6. The van der Waals surface area contributed by atoms with E-state index < -0.39 is 0 Å². The molecule has 1 rings (SSSR count). The van der Waals surface area contributed by atoms with Crippen LogP contribution in [0.2, 0.25) is 0 Å². The van der Waals surface area contributed by atoms with Crippen molar-refractivity contribution in [3.63, 3.8) is 0 Å². The highest BCUT2D eigenvalue weighted by molar-refractivity contribution is 5.30. The largest absolute Gasteiger partial charge is 0.497 e. The summed E-state index contributed by atoms with van der Waals surface area (Å²) in [6, 6.07) is 4.69. The topological polar surface area (TPSA) is 30.5 Å². The number of rotatable bonds is 5. The highest BCUT2D eigenvalue weighted by Crippen LogP contribution is 2.23. The van der Waals surface area contributed by atoms with Crippen molar-refractivity contribution in [1.82, 2.24) is 5.32 Å². The van der Waals surface area contributed by atoms with E-state index >= 15 is 0 Å². The number of methoxy groups -OCH3 is 1. The van der Waals surface area contributed by atoms with Gasteiger partial charge in [-0.1, -0.05) is 6.07 Å². The molecule has 0 aliphatic rings. The molecule has 102 valence electrons. The monoisotopic (exact) mass is 255 g/mol. The summed E-state index contributed by atoms with van der Waals surface area (Å²) in [6.45, 7) is 6.35. The first-order valence-electron chi connectivity index (χ1n) is 6.02. The Morgan fingerprint density at radius 2 is 2.00 bits per heavy atom. The second kappa shape index (κ2) is 6.16. The maximum atomic E-state index is 13.9. The van der Waals surface area contributed by atoms with Crippen molar-refractivity contribution in [3.8, 4) is 5.75 Å². The maximum absolute atomic E-state index is 13.9. The minimum atomic E-state index is -0.286. The zero-order chi connectivity index (χ0) is 13.8. The molecule has 0 amide bonds. The van der Waals surface area contributed by atoms with Crippen LogP contribution in [-0.4, -0.2) is 26.4 Å². The molecule has 1 unspecified atom stereocenters. The van der Waals surface area contributed by atoms with E-state index in [1.54, 1.807) is 19.2 Å². The highest BCUT2D eigenvalue weighted by Gasteiger charge is 2.18. The van der Waals surface area contributed by atoms with Gasteiger partial charge in [-0.2, -0.15) is 0 Å². The fraction of sp³-hybridized carbons (Fsp3) is 0.571. The summed E-state index contributed by atoms with van der Waals surface area (Å²) in [6.07, 6.45) is 0. The van der Waals surface area contributed by atoms with Crippen molar-refractivity contribution >= 4 is 0 Å². The third-order valence-corrected chi connectivity index (χ3v) is 2.61. The number of ether oxygens (including phenoxy) is 2. The Labute approximate surface area is 108 Å². The normalized spacial score (nSPS) is 13.4. The minimum absolute atomic E-state index is 0.171. The van der Waals surface area contributed by atoms with Gasteiger partial charge in [0.05, 0.1) is 25.4 Å². The van der Waals surface area contributed by atoms with Crippen LogP contribution in [0.5, 0.6) is 5.75 Å². The Morgan fingerprint density at radius 3 is 2.44 bits per heavy atom. The molecule has 0 aliphatic heterocycles. The fourth-order valence-electron chi connectivity index (χ4n) is 1.58. The van der Waals surface area contributed by atoms with E-state index in [4.69, 9.17) is 9.47 Å². The van der Waals surface area contributed by atoms with Gasteiger partial charge in [0.1, 0.15) is 11.6 Å². The summed E-state index contributed by atoms with van der Waals surface area (Å²) >= 11 is 0. The standard InChI is InChI=1S/C14H22FNO2/c1-14(2,3)18-9-13(16-4)11-7-6-10(17-5)8-12(11)15/h6-8,13,16H,9H2,1-5H3. The molecular formula is C14H22FNO2. The molecule has 3 nitrogen and oxygen atoms in total. The second-order valence-corrected chi connectivity index (χ2v) is 5.15. The van der Waals surface area contributed by atoms with Gasteiger partial charge in [-0.05, 0) is 33.9 Å². The zero-order valence-corrected chi connectivity index (χ0v) is 11.7. The van der Waals surface area contributed by atoms with E-state index in [9.17, 15) is 4.39 Å². The van der Waals surface area contributed by atoms with Gasteiger partial charge >= 0.3 is 0 Å². The molecule has 0 saturated heterocycles. The maximum Gasteiger partial charge on any atom is 0.131 e. The molecule has 18 heavy (non-hydrogen) atoms. The SMILES string of the molecule is CNC(COC(C)(C)C)c1ccc(OC)cc1F. The fourth-order valence-corrected chi connectivity index (χ4v) is 1.58. The first-order chi connectivity index (χ1) is 8.37. The van der Waals surface area contributed by atoms with Gasteiger partial charge < -0.3 is 14.8 Å². The molecule has 0 aromatic heterocycles. The molecule has 0 bridgehead atoms. The molecule has 4 heteroatoms. The van der Waals surface area contributed by atoms with Crippen LogP contribution in [0.1, 0.15) is 32.4 Å². The van der Waals surface area contributed by atoms with E-state index in [-0.39, 0.29) is 17.5 Å². The Balaban J connectivity index is 2.82. The van der Waals surface area contributed by atoms with Gasteiger partial charge in [-0.3, -0.25) is 0 Å². The Hall–Kier alpha value is -1.13. The predicted molar refractivity (Wildman–Crippen MR) is 70.5 cm³/mol. The average molecular weight is 255 g/mol. The first kappa shape index (κ1) is 14.9. The molecule has 1 N–H and O–H groups in total. The predicted octanol–water partition coefficient (Wildman–Crippen LogP) is 2.91. The molecule has 1 aromatic rings. The van der Waals surface area contributed by atoms with Crippen molar-refractivity contribution in [2.75, 3.05) is 20.8 Å². The number of hydrogen-bond acceptors (Lipinski definition) is 3. The Bertz CT molecular complexity index is 388. The second-order valence-electron chi connectivity index (χ2n) is 5.15. The van der Waals surface area contributed by atoms with Crippen molar-refractivity contribution < 1.29 is 13.9 Å². The third-order valence-electron chi connectivity index (χ3n) is 2.61. The quantitative estimate of drug-likeness (QED) is 0.877. The van der Waals surface area contributed by atoms with Crippen LogP contribution in [0.25, 0.3) is 0 Å². The molecule has 0 spiro atoms. The minimum Gasteiger partial charge on any atom is -0.497 e. The van der Waals surface area contributed by atoms with Crippen LogP contribution < -0.4 is 10.1 Å². The average Bonchev–Trinajstić information content (AvgIpc) is 2.30. The molecular weight excluding hydrogens is 233 g/mol. The number of nitrogens with one attached hydrogen (secondary N) is 1. The summed E-state index contributed by atoms with van der Waals surface area (Å²) in [5.41, 5.74) is 0.348. The molecule has 0 saturated carbocycles. The van der Waals surface area contributed by atoms with E-state index in [0.29, 0.717) is 17.9 Å². The van der Waals surface area contributed by atoms with Gasteiger partial charge in [0.25, 0.3) is 0 Å². The van der Waals surface area contributed by atoms with Crippen molar-refractivity contribution in [1.29, 1.82) is 0 Å². The van der Waals surface area contributed by atoms with Crippen LogP contribution in [0, 0.1) is 5.82 Å². The molecule has 0 radical (unpaired) electrons. The van der Waals surface area contributed by atoms with E-state index in [0.717, 1.165) is 0 Å². The summed E-state index contributed by atoms with van der Waals surface area (Å²) in [7, 11) is 3.31. The molecule has 0 fully saturated rings. The summed E-state index contributed by atoms with van der Waals surface area (Å²) in [5.74, 6) is 0.231. The third kappa shape index (κ3) is 4.27. The van der Waals surface area contributed by atoms with Crippen molar-refractivity contribution in [2.24, 2.45) is 0 Å². The molecule has 0 heterocycles. The van der Waals surface area contributed by atoms with Gasteiger partial charge in [0.2, 0.25) is 0 Å². The van der Waals surface area contributed by atoms with E-state index in [2.05, 4.69) is 5.32 Å². The molecule has 0 aliphatic carbocycles. The van der Waals surface area contributed by atoms with Crippen molar-refractivity contribution in [3.05, 3.63) is 29.6 Å². The number of benzene rings is 1. The highest BCUT2D eigenvalue weighted by atomic mass is 19.1. The van der Waals surface area contributed by atoms with Gasteiger partial charge in [-0.25, -0.2) is 4.39 Å². The van der Waals surface area contributed by atoms with Gasteiger partial charge in [0, 0.05) is 11.6 Å². The molecule has 1 atom stereocenters. The van der Waals surface area contributed by atoms with Gasteiger partial charge in [0.15, 0.2) is 0 Å². The number of halogens is 1. The lowest BCUT2D eigenvalue weighted by Crippen LogP contribution is -2.28. The Kier molecular flexibility index (Phi) is 5.11. The lowest BCUT2D eigenvalue weighted by Gasteiger charge is -2.24. The lowest BCUT2D eigenvalue weighted by molar-refractivity contribution is -0.0143.